The zero-order valence-corrected chi connectivity index (χ0v) is 8.89. The molecule has 90 valence electrons. The molecule has 1 aliphatic carbocycles. The van der Waals surface area contributed by atoms with E-state index in [9.17, 15) is 19.3 Å². The van der Waals surface area contributed by atoms with Crippen molar-refractivity contribution >= 4 is 11.5 Å². The minimum atomic E-state index is -0.831. The number of hydrogen-bond acceptors (Lipinski definition) is 4. The van der Waals surface area contributed by atoms with Gasteiger partial charge in [-0.2, -0.15) is 0 Å². The van der Waals surface area contributed by atoms with Crippen molar-refractivity contribution in [3.05, 3.63) is 34.1 Å². The molecule has 1 saturated carbocycles. The highest BCUT2D eigenvalue weighted by atomic mass is 19.1. The van der Waals surface area contributed by atoms with Crippen LogP contribution in [0.4, 0.5) is 10.1 Å². The lowest BCUT2D eigenvalue weighted by molar-refractivity contribution is -0.386. The molecule has 0 aliphatic heterocycles. The molecule has 5 nitrogen and oxygen atoms in total. The third kappa shape index (κ3) is 2.58. The molecule has 0 unspecified atom stereocenters. The number of hydrogen-bond donors (Lipinski definition) is 0. The maximum Gasteiger partial charge on any atom is 0.314 e. The minimum Gasteiger partial charge on any atom is -0.477 e. The van der Waals surface area contributed by atoms with Crippen molar-refractivity contribution in [1.29, 1.82) is 0 Å². The number of nitrogens with zero attached hydrogens (tertiary/aromatic N) is 1. The Balaban J connectivity index is 2.12. The van der Waals surface area contributed by atoms with E-state index in [1.807, 2.05) is 0 Å². The third-order valence-corrected chi connectivity index (χ3v) is 2.53. The summed E-state index contributed by atoms with van der Waals surface area (Å²) in [7, 11) is 0. The lowest BCUT2D eigenvalue weighted by atomic mass is 10.2. The maximum absolute atomic E-state index is 13.3. The molecule has 0 spiro atoms. The molecular formula is C11H10FNO4. The number of Topliss-reactive ketones (excluding diaryl/α,β-unsaturated/α-hetero) is 1. The van der Waals surface area contributed by atoms with Crippen LogP contribution in [0.25, 0.3) is 0 Å². The SMILES string of the molecule is O=C(COc1c(F)cccc1[N+](=O)[O-])C1CC1. The van der Waals surface area contributed by atoms with Gasteiger partial charge in [-0.1, -0.05) is 6.07 Å². The van der Waals surface area contributed by atoms with Crippen molar-refractivity contribution in [2.75, 3.05) is 6.61 Å². The number of benzene rings is 1. The Morgan fingerprint density at radius 1 is 1.53 bits per heavy atom. The van der Waals surface area contributed by atoms with Gasteiger partial charge in [-0.3, -0.25) is 14.9 Å². The van der Waals surface area contributed by atoms with E-state index in [0.29, 0.717) is 0 Å². The minimum absolute atomic E-state index is 0.0131. The van der Waals surface area contributed by atoms with Gasteiger partial charge < -0.3 is 4.74 Å². The van der Waals surface area contributed by atoms with Gasteiger partial charge in [0.1, 0.15) is 6.61 Å². The fraction of sp³-hybridized carbons (Fsp3) is 0.364. The van der Waals surface area contributed by atoms with Crippen molar-refractivity contribution in [2.45, 2.75) is 12.8 Å². The number of nitro benzene ring substituents is 1. The Kier molecular flexibility index (Phi) is 3.03. The molecule has 1 aromatic carbocycles. The lowest BCUT2D eigenvalue weighted by Gasteiger charge is -2.06. The van der Waals surface area contributed by atoms with Crippen LogP contribution in [0.15, 0.2) is 18.2 Å². The summed E-state index contributed by atoms with van der Waals surface area (Å²) in [6.45, 7) is -0.313. The third-order valence-electron chi connectivity index (χ3n) is 2.53. The topological polar surface area (TPSA) is 69.4 Å². The monoisotopic (exact) mass is 239 g/mol. The highest BCUT2D eigenvalue weighted by molar-refractivity contribution is 5.84. The van der Waals surface area contributed by atoms with Gasteiger partial charge in [-0.05, 0) is 18.9 Å². The second kappa shape index (κ2) is 4.48. The van der Waals surface area contributed by atoms with Crippen LogP contribution >= 0.6 is 0 Å². The Hall–Kier alpha value is -1.98. The first-order valence-corrected chi connectivity index (χ1v) is 5.18. The summed E-state index contributed by atoms with van der Waals surface area (Å²) >= 11 is 0. The fourth-order valence-electron chi connectivity index (χ4n) is 1.45. The van der Waals surface area contributed by atoms with E-state index >= 15 is 0 Å². The Labute approximate surface area is 96.3 Å². The summed E-state index contributed by atoms with van der Waals surface area (Å²) in [5.74, 6) is -1.45. The average Bonchev–Trinajstić information content (AvgIpc) is 3.10. The zero-order valence-electron chi connectivity index (χ0n) is 8.89. The Morgan fingerprint density at radius 3 is 2.82 bits per heavy atom. The maximum atomic E-state index is 13.3. The molecule has 0 bridgehead atoms. The van der Waals surface area contributed by atoms with Gasteiger partial charge >= 0.3 is 5.69 Å². The smallest absolute Gasteiger partial charge is 0.314 e. The van der Waals surface area contributed by atoms with Crippen molar-refractivity contribution in [3.63, 3.8) is 0 Å². The van der Waals surface area contributed by atoms with Crippen LogP contribution in [0.3, 0.4) is 0 Å². The predicted molar refractivity (Wildman–Crippen MR) is 56.3 cm³/mol. The molecular weight excluding hydrogens is 229 g/mol. The zero-order chi connectivity index (χ0) is 12.4. The number of rotatable bonds is 5. The number of nitro groups is 1. The van der Waals surface area contributed by atoms with Gasteiger partial charge in [0.05, 0.1) is 4.92 Å². The molecule has 6 heteroatoms. The molecule has 1 aromatic rings. The van der Waals surface area contributed by atoms with Gasteiger partial charge in [0.25, 0.3) is 0 Å². The molecule has 1 aliphatic rings. The molecule has 0 radical (unpaired) electrons. The lowest BCUT2D eigenvalue weighted by Crippen LogP contribution is -2.14. The fourth-order valence-corrected chi connectivity index (χ4v) is 1.45. The van der Waals surface area contributed by atoms with E-state index in [-0.39, 0.29) is 18.3 Å². The first kappa shape index (κ1) is 11.5. The van der Waals surface area contributed by atoms with Crippen LogP contribution in [0, 0.1) is 21.8 Å². The van der Waals surface area contributed by atoms with Crippen LogP contribution in [-0.2, 0) is 4.79 Å². The van der Waals surface area contributed by atoms with Gasteiger partial charge in [0.15, 0.2) is 11.6 Å². The number of halogens is 1. The number of ether oxygens (including phenoxy) is 1. The Bertz CT molecular complexity index is 471. The standard InChI is InChI=1S/C11H10FNO4/c12-8-2-1-3-9(13(15)16)11(8)17-6-10(14)7-4-5-7/h1-3,7H,4-6H2. The second-order valence-corrected chi connectivity index (χ2v) is 3.87. The quantitative estimate of drug-likeness (QED) is 0.582. The van der Waals surface area contributed by atoms with E-state index in [4.69, 9.17) is 4.74 Å². The second-order valence-electron chi connectivity index (χ2n) is 3.87. The molecule has 0 heterocycles. The molecule has 0 saturated heterocycles. The molecule has 0 N–H and O–H groups in total. The first-order valence-electron chi connectivity index (χ1n) is 5.18. The largest absolute Gasteiger partial charge is 0.477 e. The van der Waals surface area contributed by atoms with Crippen LogP contribution in [-0.4, -0.2) is 17.3 Å². The molecule has 2 rings (SSSR count). The molecule has 0 amide bonds. The van der Waals surface area contributed by atoms with Crippen molar-refractivity contribution in [2.24, 2.45) is 5.92 Å². The molecule has 0 atom stereocenters. The van der Waals surface area contributed by atoms with Crippen LogP contribution < -0.4 is 4.74 Å². The average molecular weight is 239 g/mol. The van der Waals surface area contributed by atoms with Gasteiger partial charge in [0.2, 0.25) is 5.75 Å². The van der Waals surface area contributed by atoms with E-state index in [1.54, 1.807) is 0 Å². The summed E-state index contributed by atoms with van der Waals surface area (Å²) in [5, 5.41) is 10.6. The van der Waals surface area contributed by atoms with Gasteiger partial charge in [-0.25, -0.2) is 4.39 Å². The van der Waals surface area contributed by atoms with Gasteiger partial charge in [-0.15, -0.1) is 0 Å². The van der Waals surface area contributed by atoms with E-state index < -0.39 is 22.2 Å². The van der Waals surface area contributed by atoms with Crippen molar-refractivity contribution < 1.29 is 18.8 Å². The number of carbonyl (C=O) groups is 1. The number of para-hydroxylation sites is 1. The van der Waals surface area contributed by atoms with Crippen LogP contribution in [0.1, 0.15) is 12.8 Å². The molecule has 17 heavy (non-hydrogen) atoms. The summed E-state index contributed by atoms with van der Waals surface area (Å²) < 4.78 is 18.3. The Morgan fingerprint density at radius 2 is 2.24 bits per heavy atom. The first-order chi connectivity index (χ1) is 8.09. The highest BCUT2D eigenvalue weighted by Gasteiger charge is 2.30. The van der Waals surface area contributed by atoms with E-state index in [1.165, 1.54) is 6.07 Å². The normalized spacial score (nSPS) is 14.4. The highest BCUT2D eigenvalue weighted by Crippen LogP contribution is 2.32. The predicted octanol–water partition coefficient (Wildman–Crippen LogP) is 2.09. The summed E-state index contributed by atoms with van der Waals surface area (Å²) in [6, 6.07) is 3.42. The summed E-state index contributed by atoms with van der Waals surface area (Å²) in [6.07, 6.45) is 1.64. The van der Waals surface area contributed by atoms with E-state index in [2.05, 4.69) is 0 Å². The molecule has 0 aromatic heterocycles. The van der Waals surface area contributed by atoms with Crippen molar-refractivity contribution in [1.82, 2.24) is 0 Å². The van der Waals surface area contributed by atoms with Crippen LogP contribution in [0.5, 0.6) is 5.75 Å². The summed E-state index contributed by atoms with van der Waals surface area (Å²) in [4.78, 5) is 21.3. The number of carbonyl (C=O) groups excluding carboxylic acids is 1. The van der Waals surface area contributed by atoms with Gasteiger partial charge in [0, 0.05) is 12.0 Å². The number of ketones is 1. The summed E-state index contributed by atoms with van der Waals surface area (Å²) in [5.41, 5.74) is -0.464. The van der Waals surface area contributed by atoms with Crippen LogP contribution in [0.2, 0.25) is 0 Å². The van der Waals surface area contributed by atoms with E-state index in [0.717, 1.165) is 25.0 Å². The van der Waals surface area contributed by atoms with Crippen molar-refractivity contribution in [3.8, 4) is 5.75 Å². The molecule has 1 fully saturated rings.